The number of ether oxygens (including phenoxy) is 1. The molecule has 1 fully saturated rings. The third-order valence-corrected chi connectivity index (χ3v) is 5.22. The number of amides is 2. The van der Waals surface area contributed by atoms with Crippen LogP contribution in [0, 0.1) is 10.1 Å². The first kappa shape index (κ1) is 22.5. The lowest BCUT2D eigenvalue weighted by molar-refractivity contribution is -0.384. The number of hydrogen-bond donors (Lipinski definition) is 1. The van der Waals surface area contributed by atoms with Crippen LogP contribution >= 0.6 is 11.6 Å². The van der Waals surface area contributed by atoms with Gasteiger partial charge in [0, 0.05) is 42.8 Å². The molecule has 2 amide bonds. The Labute approximate surface area is 184 Å². The van der Waals surface area contributed by atoms with E-state index < -0.39 is 4.92 Å². The molecule has 164 valence electrons. The Hall–Kier alpha value is -3.17. The van der Waals surface area contributed by atoms with Gasteiger partial charge >= 0.3 is 0 Å². The third-order valence-electron chi connectivity index (χ3n) is 4.98. The Morgan fingerprint density at radius 1 is 1.16 bits per heavy atom. The molecule has 31 heavy (non-hydrogen) atoms. The second-order valence-electron chi connectivity index (χ2n) is 7.12. The first-order valence-corrected chi connectivity index (χ1v) is 10.1. The molecule has 1 heterocycles. The average molecular weight is 447 g/mol. The minimum absolute atomic E-state index is 0.0792. The summed E-state index contributed by atoms with van der Waals surface area (Å²) in [6.45, 7) is 2.46. The van der Waals surface area contributed by atoms with E-state index in [1.165, 1.54) is 25.3 Å². The van der Waals surface area contributed by atoms with E-state index in [0.717, 1.165) is 6.42 Å². The number of methoxy groups -OCH3 is 1. The maximum Gasteiger partial charge on any atom is 0.273 e. The highest BCUT2D eigenvalue weighted by Crippen LogP contribution is 2.29. The van der Waals surface area contributed by atoms with Crippen LogP contribution < -0.4 is 10.1 Å². The molecule has 0 atom stereocenters. The van der Waals surface area contributed by atoms with Crippen molar-refractivity contribution < 1.29 is 19.2 Å². The van der Waals surface area contributed by atoms with Crippen molar-refractivity contribution in [2.75, 3.05) is 45.2 Å². The first-order valence-electron chi connectivity index (χ1n) is 9.77. The van der Waals surface area contributed by atoms with Gasteiger partial charge in [-0.05, 0) is 30.7 Å². The monoisotopic (exact) mass is 446 g/mol. The Morgan fingerprint density at radius 3 is 2.68 bits per heavy atom. The number of nitro benzene ring substituents is 1. The fourth-order valence-corrected chi connectivity index (χ4v) is 3.62. The summed E-state index contributed by atoms with van der Waals surface area (Å²) in [7, 11) is 1.38. The van der Waals surface area contributed by atoms with Crippen molar-refractivity contribution >= 4 is 34.8 Å². The molecule has 0 bridgehead atoms. The second kappa shape index (κ2) is 10.2. The molecule has 1 saturated heterocycles. The van der Waals surface area contributed by atoms with Gasteiger partial charge in [0.05, 0.1) is 30.3 Å². The van der Waals surface area contributed by atoms with Crippen LogP contribution in [-0.2, 0) is 4.79 Å². The number of hydrogen-bond acceptors (Lipinski definition) is 6. The van der Waals surface area contributed by atoms with E-state index in [9.17, 15) is 19.7 Å². The Morgan fingerprint density at radius 2 is 1.97 bits per heavy atom. The largest absolute Gasteiger partial charge is 0.494 e. The minimum Gasteiger partial charge on any atom is -0.494 e. The summed E-state index contributed by atoms with van der Waals surface area (Å²) in [6.07, 6.45) is 0.737. The van der Waals surface area contributed by atoms with Gasteiger partial charge in [-0.15, -0.1) is 0 Å². The molecule has 2 aromatic carbocycles. The van der Waals surface area contributed by atoms with Crippen molar-refractivity contribution in [3.05, 3.63) is 63.2 Å². The van der Waals surface area contributed by atoms with Gasteiger partial charge in [0.15, 0.2) is 0 Å². The van der Waals surface area contributed by atoms with E-state index in [-0.39, 0.29) is 29.8 Å². The quantitative estimate of drug-likeness (QED) is 0.540. The van der Waals surface area contributed by atoms with Gasteiger partial charge < -0.3 is 15.0 Å². The molecule has 1 aliphatic heterocycles. The number of rotatable bonds is 6. The van der Waals surface area contributed by atoms with Crippen LogP contribution in [0.2, 0.25) is 5.02 Å². The van der Waals surface area contributed by atoms with Crippen molar-refractivity contribution in [1.82, 2.24) is 9.80 Å². The van der Waals surface area contributed by atoms with E-state index in [4.69, 9.17) is 16.3 Å². The van der Waals surface area contributed by atoms with Crippen molar-refractivity contribution in [2.24, 2.45) is 0 Å². The Balaban J connectivity index is 1.57. The molecule has 0 radical (unpaired) electrons. The van der Waals surface area contributed by atoms with Gasteiger partial charge in [-0.3, -0.25) is 24.6 Å². The summed E-state index contributed by atoms with van der Waals surface area (Å²) in [5.74, 6) is -0.122. The number of anilines is 1. The van der Waals surface area contributed by atoms with Gasteiger partial charge in [0.2, 0.25) is 5.91 Å². The number of halogens is 1. The van der Waals surface area contributed by atoms with Crippen LogP contribution in [0.15, 0.2) is 42.5 Å². The lowest BCUT2D eigenvalue weighted by Crippen LogP contribution is -2.38. The molecule has 1 aliphatic rings. The lowest BCUT2D eigenvalue weighted by atomic mass is 10.2. The Bertz CT molecular complexity index is 984. The van der Waals surface area contributed by atoms with Gasteiger partial charge in [0.25, 0.3) is 11.6 Å². The number of carbonyl (C=O) groups is 2. The summed E-state index contributed by atoms with van der Waals surface area (Å²) < 4.78 is 5.15. The maximum atomic E-state index is 12.7. The molecule has 10 heteroatoms. The number of non-ortho nitro benzene ring substituents is 1. The summed E-state index contributed by atoms with van der Waals surface area (Å²) in [6, 6.07) is 10.9. The van der Waals surface area contributed by atoms with Gasteiger partial charge in [-0.25, -0.2) is 0 Å². The second-order valence-corrected chi connectivity index (χ2v) is 7.56. The van der Waals surface area contributed by atoms with E-state index in [0.29, 0.717) is 42.5 Å². The predicted molar refractivity (Wildman–Crippen MR) is 117 cm³/mol. The number of nitrogens with one attached hydrogen (secondary N) is 1. The van der Waals surface area contributed by atoms with Crippen LogP contribution in [0.3, 0.4) is 0 Å². The number of carbonyl (C=O) groups excluding carboxylic acids is 2. The van der Waals surface area contributed by atoms with E-state index in [1.54, 1.807) is 29.2 Å². The van der Waals surface area contributed by atoms with E-state index in [2.05, 4.69) is 5.32 Å². The van der Waals surface area contributed by atoms with Crippen LogP contribution in [0.4, 0.5) is 11.4 Å². The van der Waals surface area contributed by atoms with Crippen molar-refractivity contribution in [1.29, 1.82) is 0 Å². The molecular formula is C21H23ClN4O5. The molecule has 0 spiro atoms. The third kappa shape index (κ3) is 5.93. The van der Waals surface area contributed by atoms with Gasteiger partial charge in [-0.2, -0.15) is 0 Å². The van der Waals surface area contributed by atoms with Crippen LogP contribution in [0.25, 0.3) is 0 Å². The van der Waals surface area contributed by atoms with E-state index in [1.807, 2.05) is 4.90 Å². The molecule has 0 aliphatic carbocycles. The lowest BCUT2D eigenvalue weighted by Gasteiger charge is -2.22. The predicted octanol–water partition coefficient (Wildman–Crippen LogP) is 3.04. The zero-order valence-corrected chi connectivity index (χ0v) is 17.8. The van der Waals surface area contributed by atoms with Gasteiger partial charge in [-0.1, -0.05) is 17.7 Å². The standard InChI is InChI=1S/C21H23ClN4O5/c1-31-19-13-17(26(29)30)6-7-18(19)23-20(27)14-24-8-3-9-25(11-10-24)21(28)15-4-2-5-16(22)12-15/h2,4-7,12-13H,3,8-11,14H2,1H3,(H,23,27). The summed E-state index contributed by atoms with van der Waals surface area (Å²) in [4.78, 5) is 39.4. The highest BCUT2D eigenvalue weighted by atomic mass is 35.5. The summed E-state index contributed by atoms with van der Waals surface area (Å²) >= 11 is 5.99. The highest BCUT2D eigenvalue weighted by Gasteiger charge is 2.22. The molecule has 9 nitrogen and oxygen atoms in total. The summed E-state index contributed by atoms with van der Waals surface area (Å²) in [5.41, 5.74) is 0.793. The SMILES string of the molecule is COc1cc([N+](=O)[O-])ccc1NC(=O)CN1CCCN(C(=O)c2cccc(Cl)c2)CC1. The van der Waals surface area contributed by atoms with Crippen LogP contribution in [0.1, 0.15) is 16.8 Å². The summed E-state index contributed by atoms with van der Waals surface area (Å²) in [5, 5.41) is 14.2. The maximum absolute atomic E-state index is 12.7. The molecule has 3 rings (SSSR count). The molecule has 1 N–H and O–H groups in total. The highest BCUT2D eigenvalue weighted by molar-refractivity contribution is 6.30. The van der Waals surface area contributed by atoms with Gasteiger partial charge in [0.1, 0.15) is 5.75 Å². The van der Waals surface area contributed by atoms with Crippen LogP contribution in [-0.4, -0.2) is 66.4 Å². The molecule has 0 saturated carbocycles. The van der Waals surface area contributed by atoms with Crippen molar-refractivity contribution in [3.8, 4) is 5.75 Å². The molecule has 0 aromatic heterocycles. The Kier molecular flexibility index (Phi) is 7.43. The number of nitro groups is 1. The zero-order chi connectivity index (χ0) is 22.4. The van der Waals surface area contributed by atoms with E-state index >= 15 is 0 Å². The van der Waals surface area contributed by atoms with Crippen molar-refractivity contribution in [3.63, 3.8) is 0 Å². The fourth-order valence-electron chi connectivity index (χ4n) is 3.43. The minimum atomic E-state index is -0.526. The first-order chi connectivity index (χ1) is 14.9. The molecular weight excluding hydrogens is 424 g/mol. The molecule has 0 unspecified atom stereocenters. The number of nitrogens with zero attached hydrogens (tertiary/aromatic N) is 3. The van der Waals surface area contributed by atoms with Crippen molar-refractivity contribution in [2.45, 2.75) is 6.42 Å². The number of benzene rings is 2. The topological polar surface area (TPSA) is 105 Å². The van der Waals surface area contributed by atoms with Crippen LogP contribution in [0.5, 0.6) is 5.75 Å². The normalized spacial score (nSPS) is 14.6. The molecule has 2 aromatic rings. The average Bonchev–Trinajstić information content (AvgIpc) is 2.98. The fraction of sp³-hybridized carbons (Fsp3) is 0.333. The zero-order valence-electron chi connectivity index (χ0n) is 17.0. The smallest absolute Gasteiger partial charge is 0.273 e.